The normalized spacial score (nSPS) is 29.5. The molecule has 410 valence electrons. The van der Waals surface area contributed by atoms with Gasteiger partial charge in [-0.05, 0) is 12.8 Å². The Morgan fingerprint density at radius 3 is 0.500 bits per heavy atom. The summed E-state index contributed by atoms with van der Waals surface area (Å²) in [5.41, 5.74) is -14.0. The van der Waals surface area contributed by atoms with Crippen LogP contribution in [0.4, 0.5) is 0 Å². The molecule has 58 heteroatoms. The molecule has 1 aliphatic heterocycles. The standard InChI is InChI=1S/C10H32N2O24P8.H6O18P6/c13-37(14,15)7(38(16,17)18)11(8(39(19,20)21)40(22,23)24)5-3-1-2-4-6-12(9(41(25,26)27)42(28,29)30)10(43(31,32)33)44(34,35)36;1-19(2)13-20(3,4)15-22(7,8)17-24(11,12)18-23(9,10)16-21(5,6)14-19/h7-10H,1-6H2,(H2,13,14,15)(H2,16,17,18)(H2,19,20,21)(H2,22,23,24)(H2,25,26,27)(H2,28,29,30)(H2,31,32,33)(H2,34,35,36);(H,1,2)(H,3,4)(H,5,6)(H,7,8)(H,9,10)(H,11,12). The van der Waals surface area contributed by atoms with Crippen molar-refractivity contribution in [1.29, 1.82) is 0 Å². The molecule has 1 heterocycles. The Bertz CT molecular complexity index is 1990. The summed E-state index contributed by atoms with van der Waals surface area (Å²) in [6.45, 7) is -2.57. The molecule has 0 unspecified atom stereocenters. The maximum Gasteiger partial charge on any atom is 0.490 e. The van der Waals surface area contributed by atoms with Gasteiger partial charge in [-0.3, -0.25) is 46.3 Å². The van der Waals surface area contributed by atoms with E-state index in [1.54, 1.807) is 0 Å². The highest BCUT2D eigenvalue weighted by Crippen LogP contribution is 2.79. The van der Waals surface area contributed by atoms with Gasteiger partial charge < -0.3 is 108 Å². The minimum absolute atomic E-state index is 0.485. The molecule has 0 radical (unpaired) electrons. The van der Waals surface area contributed by atoms with E-state index in [1.165, 1.54) is 0 Å². The summed E-state index contributed by atoms with van der Waals surface area (Å²) in [5.74, 6) is 0. The zero-order valence-electron chi connectivity index (χ0n) is 31.7. The van der Waals surface area contributed by atoms with Crippen LogP contribution in [0.1, 0.15) is 25.7 Å². The van der Waals surface area contributed by atoms with Crippen LogP contribution >= 0.6 is 108 Å². The van der Waals surface area contributed by atoms with Crippen molar-refractivity contribution < 1.29 is 197 Å². The van der Waals surface area contributed by atoms with Gasteiger partial charge in [0.2, 0.25) is 22.1 Å². The first kappa shape index (κ1) is 70.0. The third-order valence-corrected chi connectivity index (χ3v) is 30.7. The number of hydrogen-bond donors (Lipinski definition) is 22. The molecule has 0 spiro atoms. The van der Waals surface area contributed by atoms with Gasteiger partial charge in [0.15, 0.2) is 0 Å². The molecule has 0 aromatic rings. The fourth-order valence-corrected chi connectivity index (χ4v) is 25.6. The summed E-state index contributed by atoms with van der Waals surface area (Å²) in [4.78, 5) is 204. The van der Waals surface area contributed by atoms with Crippen LogP contribution in [0.2, 0.25) is 0 Å². The van der Waals surface area contributed by atoms with Crippen molar-refractivity contribution in [1.82, 2.24) is 9.80 Å². The van der Waals surface area contributed by atoms with E-state index in [0.29, 0.717) is 0 Å². The molecule has 0 amide bonds. The van der Waals surface area contributed by atoms with Gasteiger partial charge in [-0.1, -0.05) is 12.8 Å². The van der Waals surface area contributed by atoms with Crippen LogP contribution in [-0.2, 0) is 89.8 Å². The molecule has 22 N–H and O–H groups in total. The van der Waals surface area contributed by atoms with Crippen molar-refractivity contribution in [3.8, 4) is 0 Å². The van der Waals surface area contributed by atoms with Gasteiger partial charge in [-0.15, -0.1) is 0 Å². The molecule has 0 aromatic heterocycles. The van der Waals surface area contributed by atoms with Crippen molar-refractivity contribution in [2.75, 3.05) is 13.1 Å². The Hall–Kier alpha value is 2.02. The minimum Gasteiger partial charge on any atom is -0.323 e. The minimum atomic E-state index is -6.13. The van der Waals surface area contributed by atoms with Gasteiger partial charge in [0.25, 0.3) is 0 Å². The van der Waals surface area contributed by atoms with Crippen LogP contribution in [-0.4, -0.2) is 153 Å². The van der Waals surface area contributed by atoms with E-state index in [-0.39, 0.29) is 0 Å². The fraction of sp³-hybridized carbons (Fsp3) is 1.00. The second kappa shape index (κ2) is 23.7. The van der Waals surface area contributed by atoms with Crippen molar-refractivity contribution in [2.24, 2.45) is 0 Å². The number of unbranched alkanes of at least 4 members (excludes halogenated alkanes) is 3. The molecule has 0 saturated carbocycles. The predicted octanol–water partition coefficient (Wildman–Crippen LogP) is -1.59. The molecule has 1 rings (SSSR count). The Morgan fingerprint density at radius 2 is 0.397 bits per heavy atom. The molecule has 0 aromatic carbocycles. The van der Waals surface area contributed by atoms with Crippen molar-refractivity contribution >= 4 is 108 Å². The van der Waals surface area contributed by atoms with Crippen LogP contribution in [0.5, 0.6) is 0 Å². The highest BCUT2D eigenvalue weighted by molar-refractivity contribution is 7.76. The average Bonchev–Trinajstić information content (AvgIpc) is 2.88. The molecule has 0 atom stereocenters. The molecular weight excluding hydrogens is 1250 g/mol. The maximum atomic E-state index is 11.8. The Morgan fingerprint density at radius 1 is 0.279 bits per heavy atom. The van der Waals surface area contributed by atoms with Gasteiger partial charge in [-0.2, -0.15) is 25.9 Å². The summed E-state index contributed by atoms with van der Waals surface area (Å²) in [5, 5.41) is 0. The highest BCUT2D eigenvalue weighted by Gasteiger charge is 2.60. The number of rotatable bonds is 19. The van der Waals surface area contributed by atoms with Gasteiger partial charge in [0.05, 0.1) is 0 Å². The van der Waals surface area contributed by atoms with Crippen LogP contribution < -0.4 is 0 Å². The Labute approximate surface area is 375 Å². The molecular formula is C10H38N2O42P14. The number of phosphoric acid groups is 6. The highest BCUT2D eigenvalue weighted by atomic mass is 31.3. The maximum absolute atomic E-state index is 11.8. The summed E-state index contributed by atoms with van der Waals surface area (Å²) in [6.07, 6.45) is -2.40. The lowest BCUT2D eigenvalue weighted by Crippen LogP contribution is -2.44. The smallest absolute Gasteiger partial charge is 0.323 e. The summed E-state index contributed by atoms with van der Waals surface area (Å²) < 4.78 is 182. The Balaban J connectivity index is 0.00000157. The number of nitrogens with zero attached hydrogens (tertiary/aromatic N) is 2. The van der Waals surface area contributed by atoms with E-state index in [2.05, 4.69) is 25.9 Å². The summed E-state index contributed by atoms with van der Waals surface area (Å²) >= 11 is 0. The van der Waals surface area contributed by atoms with Crippen LogP contribution in [0.25, 0.3) is 0 Å². The first-order valence-corrected chi connectivity index (χ1v) is 37.8. The van der Waals surface area contributed by atoms with E-state index in [1.807, 2.05) is 0 Å². The third kappa shape index (κ3) is 24.8. The summed E-state index contributed by atoms with van der Waals surface area (Å²) in [6, 6.07) is 0. The predicted molar refractivity (Wildman–Crippen MR) is 209 cm³/mol. The second-order valence-corrected chi connectivity index (χ2v) is 36.8. The van der Waals surface area contributed by atoms with Crippen molar-refractivity contribution in [3.05, 3.63) is 0 Å². The monoisotopic (exact) mass is 1290 g/mol. The molecule has 0 bridgehead atoms. The van der Waals surface area contributed by atoms with Crippen LogP contribution in [0.3, 0.4) is 0 Å². The van der Waals surface area contributed by atoms with E-state index in [9.17, 15) is 142 Å². The first-order valence-electron chi connectivity index (χ1n) is 15.4. The lowest BCUT2D eigenvalue weighted by molar-refractivity contribution is 0.166. The van der Waals surface area contributed by atoms with Crippen LogP contribution in [0.15, 0.2) is 0 Å². The zero-order chi connectivity index (χ0) is 54.9. The number of hydrogen-bond acceptors (Lipinski definition) is 22. The van der Waals surface area contributed by atoms with E-state index >= 15 is 0 Å². The van der Waals surface area contributed by atoms with E-state index < -0.39 is 178 Å². The lowest BCUT2D eigenvalue weighted by Gasteiger charge is -2.38. The zero-order valence-corrected chi connectivity index (χ0v) is 44.2. The Kier molecular flexibility index (Phi) is 24.4. The lowest BCUT2D eigenvalue weighted by atomic mass is 10.2. The molecule has 1 fully saturated rings. The van der Waals surface area contributed by atoms with E-state index in [4.69, 9.17) is 29.4 Å². The van der Waals surface area contributed by atoms with Gasteiger partial charge in [-0.25, -0.2) is 27.4 Å². The van der Waals surface area contributed by atoms with Gasteiger partial charge >= 0.3 is 108 Å². The molecule has 68 heavy (non-hydrogen) atoms. The molecule has 44 nitrogen and oxygen atoms in total. The third-order valence-electron chi connectivity index (χ3n) is 6.41. The van der Waals surface area contributed by atoms with E-state index in [0.717, 1.165) is 0 Å². The molecule has 1 aliphatic rings. The average molecular weight is 1290 g/mol. The topological polar surface area (TPSA) is 746 Å². The SMILES string of the molecule is O=P(O)(O)C(N(CCCCCCN(C(P(=O)(O)O)P(=O)(O)O)C(P(=O)(O)O)P(=O)(O)O)C(P(=O)(O)O)P(=O)(O)O)P(=O)(O)O.O=P1(O)OP(=O)(O)OP(=O)(O)OP(=O)(O)OP(=O)(O)OP(=O)(O)O1. The van der Waals surface area contributed by atoms with Gasteiger partial charge in [0.1, 0.15) is 0 Å². The van der Waals surface area contributed by atoms with Crippen molar-refractivity contribution in [3.63, 3.8) is 0 Å². The largest absolute Gasteiger partial charge is 0.490 e. The van der Waals surface area contributed by atoms with Crippen LogP contribution in [0, 0.1) is 0 Å². The summed E-state index contributed by atoms with van der Waals surface area (Å²) in [7, 11) is -85.7. The molecule has 1 saturated heterocycles. The first-order chi connectivity index (χ1) is 29.2. The molecule has 0 aliphatic carbocycles. The quantitative estimate of drug-likeness (QED) is 0.0512. The van der Waals surface area contributed by atoms with Crippen molar-refractivity contribution in [2.45, 2.75) is 47.8 Å². The fourth-order valence-electron chi connectivity index (χ4n) is 4.84. The van der Waals surface area contributed by atoms with Gasteiger partial charge in [0, 0.05) is 13.1 Å². The second-order valence-electron chi connectivity index (χ2n) is 12.3.